The number of aromatic nitrogens is 1. The molecule has 4 bridgehead atoms. The van der Waals surface area contributed by atoms with Crippen LogP contribution in [0.4, 0.5) is 24.8 Å². The first-order valence-electron chi connectivity index (χ1n) is 10.4. The van der Waals surface area contributed by atoms with Crippen molar-refractivity contribution in [3.05, 3.63) is 29.5 Å². The molecule has 1 aliphatic heterocycles. The van der Waals surface area contributed by atoms with E-state index < -0.39 is 12.7 Å². The highest BCUT2D eigenvalue weighted by atomic mass is 19.4. The Bertz CT molecular complexity index is 829. The number of nitrogens with zero attached hydrogens (tertiary/aromatic N) is 1. The zero-order chi connectivity index (χ0) is 20.2. The van der Waals surface area contributed by atoms with Gasteiger partial charge in [0.25, 0.3) is 0 Å². The summed E-state index contributed by atoms with van der Waals surface area (Å²) in [6.45, 7) is -1.13. The molecular formula is C21H25F3N4O. The van der Waals surface area contributed by atoms with Gasteiger partial charge in [0.05, 0.1) is 0 Å². The van der Waals surface area contributed by atoms with E-state index in [1.54, 1.807) is 12.3 Å². The predicted molar refractivity (Wildman–Crippen MR) is 103 cm³/mol. The van der Waals surface area contributed by atoms with Gasteiger partial charge in [0.2, 0.25) is 5.91 Å². The fourth-order valence-corrected chi connectivity index (χ4v) is 6.19. The topological polar surface area (TPSA) is 66.0 Å². The van der Waals surface area contributed by atoms with Crippen LogP contribution in [0.5, 0.6) is 0 Å². The van der Waals surface area contributed by atoms with Crippen LogP contribution in [0.2, 0.25) is 0 Å². The molecule has 1 amide bonds. The second kappa shape index (κ2) is 6.64. The van der Waals surface area contributed by atoms with Crippen molar-refractivity contribution in [1.82, 2.24) is 10.3 Å². The van der Waals surface area contributed by atoms with Crippen LogP contribution in [0, 0.1) is 17.8 Å². The molecule has 0 aromatic carbocycles. The Balaban J connectivity index is 1.24. The van der Waals surface area contributed by atoms with E-state index in [-0.39, 0.29) is 17.3 Å². The van der Waals surface area contributed by atoms with Crippen molar-refractivity contribution in [2.75, 3.05) is 17.2 Å². The van der Waals surface area contributed by atoms with E-state index in [4.69, 9.17) is 0 Å². The molecule has 0 atom stereocenters. The van der Waals surface area contributed by atoms with Crippen molar-refractivity contribution in [2.45, 2.75) is 56.7 Å². The number of carbonyl (C=O) groups is 1. The van der Waals surface area contributed by atoms with Crippen molar-refractivity contribution in [2.24, 2.45) is 17.8 Å². The molecular weight excluding hydrogens is 381 g/mol. The second-order valence-electron chi connectivity index (χ2n) is 9.32. The maximum Gasteiger partial charge on any atom is 0.405 e. The highest BCUT2D eigenvalue weighted by Gasteiger charge is 2.51. The van der Waals surface area contributed by atoms with E-state index in [2.05, 4.69) is 20.9 Å². The van der Waals surface area contributed by atoms with Gasteiger partial charge in [0, 0.05) is 23.7 Å². The number of anilines is 2. The lowest BCUT2D eigenvalue weighted by molar-refractivity contribution is -0.123. The smallest absolute Gasteiger partial charge is 0.361 e. The largest absolute Gasteiger partial charge is 0.405 e. The monoisotopic (exact) mass is 406 g/mol. The number of rotatable bonds is 4. The molecule has 156 valence electrons. The lowest BCUT2D eigenvalue weighted by Gasteiger charge is -2.57. The molecule has 3 N–H and O–H groups in total. The van der Waals surface area contributed by atoms with Gasteiger partial charge in [-0.25, -0.2) is 4.98 Å². The van der Waals surface area contributed by atoms with Crippen LogP contribution in [0.3, 0.4) is 0 Å². The molecule has 2 heterocycles. The minimum Gasteiger partial charge on any atom is -0.361 e. The van der Waals surface area contributed by atoms with Gasteiger partial charge in [-0.15, -0.1) is 0 Å². The van der Waals surface area contributed by atoms with Crippen LogP contribution in [-0.2, 0) is 11.2 Å². The average Bonchev–Trinajstić information content (AvgIpc) is 2.63. The number of fused-ring (bicyclic) bond motifs is 1. The molecule has 4 saturated carbocycles. The number of halogens is 3. The van der Waals surface area contributed by atoms with Crippen molar-refractivity contribution in [3.63, 3.8) is 0 Å². The fourth-order valence-electron chi connectivity index (χ4n) is 6.19. The Labute approximate surface area is 167 Å². The van der Waals surface area contributed by atoms with E-state index in [1.165, 1.54) is 25.3 Å². The zero-order valence-corrected chi connectivity index (χ0v) is 16.1. The molecule has 0 spiro atoms. The number of alkyl halides is 3. The number of pyridine rings is 1. The molecule has 4 fully saturated rings. The molecule has 0 unspecified atom stereocenters. The first-order valence-corrected chi connectivity index (χ1v) is 10.4. The highest BCUT2D eigenvalue weighted by Crippen LogP contribution is 2.55. The summed E-state index contributed by atoms with van der Waals surface area (Å²) in [4.78, 5) is 17.2. The van der Waals surface area contributed by atoms with E-state index in [0.29, 0.717) is 17.8 Å². The van der Waals surface area contributed by atoms with Gasteiger partial charge in [-0.1, -0.05) is 6.07 Å². The fraction of sp³-hybridized carbons (Fsp3) is 0.619. The second-order valence-corrected chi connectivity index (χ2v) is 9.32. The first-order chi connectivity index (χ1) is 13.8. The van der Waals surface area contributed by atoms with Gasteiger partial charge in [-0.3, -0.25) is 4.79 Å². The molecule has 5 aliphatic rings. The van der Waals surface area contributed by atoms with Gasteiger partial charge in [0.15, 0.2) is 0 Å². The molecule has 0 saturated heterocycles. The Kier molecular flexibility index (Phi) is 4.29. The van der Waals surface area contributed by atoms with Crippen LogP contribution < -0.4 is 16.0 Å². The maximum atomic E-state index is 13.0. The molecule has 29 heavy (non-hydrogen) atoms. The summed E-state index contributed by atoms with van der Waals surface area (Å²) < 4.78 is 37.1. The van der Waals surface area contributed by atoms with Crippen molar-refractivity contribution >= 4 is 17.5 Å². The minimum absolute atomic E-state index is 0.0376. The number of carbonyl (C=O) groups excluding carboxylic acids is 1. The number of hydrogen-bond acceptors (Lipinski definition) is 4. The van der Waals surface area contributed by atoms with Crippen molar-refractivity contribution in [3.8, 4) is 0 Å². The molecule has 8 heteroatoms. The third-order valence-electron chi connectivity index (χ3n) is 6.92. The summed E-state index contributed by atoms with van der Waals surface area (Å²) in [7, 11) is 0. The highest BCUT2D eigenvalue weighted by molar-refractivity contribution is 5.95. The number of amides is 1. The predicted octanol–water partition coefficient (Wildman–Crippen LogP) is 3.99. The number of hydrogen-bond donors (Lipinski definition) is 3. The number of nitrogens with one attached hydrogen (secondary N) is 3. The molecule has 6 rings (SSSR count). The van der Waals surface area contributed by atoms with E-state index in [0.717, 1.165) is 42.6 Å². The summed E-state index contributed by atoms with van der Waals surface area (Å²) in [5, 5.41) is 8.63. The zero-order valence-electron chi connectivity index (χ0n) is 16.1. The van der Waals surface area contributed by atoms with Crippen LogP contribution >= 0.6 is 0 Å². The van der Waals surface area contributed by atoms with Gasteiger partial charge in [0.1, 0.15) is 18.2 Å². The van der Waals surface area contributed by atoms with Crippen molar-refractivity contribution < 1.29 is 18.0 Å². The Hall–Kier alpha value is -2.25. The van der Waals surface area contributed by atoms with E-state index >= 15 is 0 Å². The van der Waals surface area contributed by atoms with Gasteiger partial charge in [-0.05, 0) is 67.9 Å². The summed E-state index contributed by atoms with van der Waals surface area (Å²) in [5.41, 5.74) is 1.41. The first kappa shape index (κ1) is 18.8. The van der Waals surface area contributed by atoms with Crippen LogP contribution in [-0.4, -0.2) is 29.2 Å². The van der Waals surface area contributed by atoms with E-state index in [1.807, 2.05) is 0 Å². The Morgan fingerprint density at radius 1 is 1.14 bits per heavy atom. The average molecular weight is 406 g/mol. The van der Waals surface area contributed by atoms with Gasteiger partial charge < -0.3 is 16.0 Å². The SMILES string of the molecule is O=C(NC12CC3CC(CC(C3)C1)C2)C1=CNc2nc(NCC(F)(F)F)ccc2C1. The molecule has 1 aromatic heterocycles. The molecule has 4 aliphatic carbocycles. The summed E-state index contributed by atoms with van der Waals surface area (Å²) in [6.07, 6.45) is 5.02. The lowest BCUT2D eigenvalue weighted by atomic mass is 9.53. The van der Waals surface area contributed by atoms with Crippen LogP contribution in [0.15, 0.2) is 23.9 Å². The molecule has 1 aromatic rings. The van der Waals surface area contributed by atoms with Crippen LogP contribution in [0.1, 0.15) is 44.1 Å². The minimum atomic E-state index is -4.30. The van der Waals surface area contributed by atoms with Crippen molar-refractivity contribution in [1.29, 1.82) is 0 Å². The summed E-state index contributed by atoms with van der Waals surface area (Å²) >= 11 is 0. The third-order valence-corrected chi connectivity index (χ3v) is 6.92. The normalized spacial score (nSPS) is 32.2. The maximum absolute atomic E-state index is 13.0. The standard InChI is InChI=1S/C21H25F3N4O/c22-21(23,24)11-26-17-2-1-15-6-16(10-25-18(15)27-17)19(29)28-20-7-12-3-13(8-20)5-14(4-12)9-20/h1-2,10,12-14H,3-9,11H2,(H,28,29)(H2,25,26,27). The molecule has 5 nitrogen and oxygen atoms in total. The van der Waals surface area contributed by atoms with E-state index in [9.17, 15) is 18.0 Å². The third kappa shape index (κ3) is 3.81. The van der Waals surface area contributed by atoms with Gasteiger partial charge >= 0.3 is 6.18 Å². The molecule has 0 radical (unpaired) electrons. The van der Waals surface area contributed by atoms with Gasteiger partial charge in [-0.2, -0.15) is 13.2 Å². The van der Waals surface area contributed by atoms with Crippen LogP contribution in [0.25, 0.3) is 0 Å². The Morgan fingerprint density at radius 3 is 2.41 bits per heavy atom. The summed E-state index contributed by atoms with van der Waals surface area (Å²) in [6, 6.07) is 3.24. The summed E-state index contributed by atoms with van der Waals surface area (Å²) in [5.74, 6) is 2.88. The quantitative estimate of drug-likeness (QED) is 0.707. The lowest BCUT2D eigenvalue weighted by Crippen LogP contribution is -2.60. The Morgan fingerprint density at radius 2 is 1.79 bits per heavy atom.